The summed E-state index contributed by atoms with van der Waals surface area (Å²) in [5, 5.41) is 3.35. The van der Waals surface area contributed by atoms with E-state index in [2.05, 4.69) is 0 Å². The van der Waals surface area contributed by atoms with E-state index in [1.165, 1.54) is 9.71 Å². The van der Waals surface area contributed by atoms with E-state index in [1.807, 2.05) is 66.7 Å². The van der Waals surface area contributed by atoms with Crippen molar-refractivity contribution in [3.8, 4) is 5.75 Å². The highest BCUT2D eigenvalue weighted by molar-refractivity contribution is 7.92. The molecule has 3 rings (SSSR count). The number of benzene rings is 3. The Kier molecular flexibility index (Phi) is 5.40. The van der Waals surface area contributed by atoms with Crippen LogP contribution in [0, 0.1) is 0 Å². The van der Waals surface area contributed by atoms with Crippen LogP contribution in [0.3, 0.4) is 0 Å². The molecule has 0 atom stereocenters. The van der Waals surface area contributed by atoms with Crippen molar-refractivity contribution in [1.82, 2.24) is 4.31 Å². The zero-order valence-corrected chi connectivity index (χ0v) is 15.6. The highest BCUT2D eigenvalue weighted by Crippen LogP contribution is 2.22. The number of ether oxygens (including phenoxy) is 1. The first-order chi connectivity index (χ1) is 12.5. The molecule has 0 aliphatic heterocycles. The standard InChI is InChI=1S/C21H21NO3S/c1-22(26(23,24)13-12-17-6-4-3-5-7-17)16-18-8-9-20-15-21(25-2)11-10-19(20)14-18/h3-15H,16H2,1-2H3/b13-12+. The van der Waals surface area contributed by atoms with E-state index in [0.717, 1.165) is 27.6 Å². The molecule has 26 heavy (non-hydrogen) atoms. The first kappa shape index (κ1) is 18.2. The van der Waals surface area contributed by atoms with Crippen LogP contribution in [0.25, 0.3) is 16.8 Å². The Morgan fingerprint density at radius 2 is 1.65 bits per heavy atom. The fourth-order valence-corrected chi connectivity index (χ4v) is 3.54. The van der Waals surface area contributed by atoms with Crippen LogP contribution in [0.15, 0.2) is 72.1 Å². The van der Waals surface area contributed by atoms with Crippen LogP contribution >= 0.6 is 0 Å². The van der Waals surface area contributed by atoms with Crippen LogP contribution in [-0.4, -0.2) is 26.9 Å². The van der Waals surface area contributed by atoms with Gasteiger partial charge in [0.05, 0.1) is 7.11 Å². The molecule has 5 heteroatoms. The second kappa shape index (κ2) is 7.72. The summed E-state index contributed by atoms with van der Waals surface area (Å²) < 4.78 is 31.5. The van der Waals surface area contributed by atoms with Crippen molar-refractivity contribution < 1.29 is 13.2 Å². The van der Waals surface area contributed by atoms with Gasteiger partial charge in [0.2, 0.25) is 10.0 Å². The minimum absolute atomic E-state index is 0.309. The minimum Gasteiger partial charge on any atom is -0.497 e. The zero-order valence-electron chi connectivity index (χ0n) is 14.8. The molecule has 4 nitrogen and oxygen atoms in total. The van der Waals surface area contributed by atoms with Crippen molar-refractivity contribution in [1.29, 1.82) is 0 Å². The third kappa shape index (κ3) is 4.31. The molecule has 0 aliphatic carbocycles. The molecule has 0 bridgehead atoms. The third-order valence-electron chi connectivity index (χ3n) is 4.18. The smallest absolute Gasteiger partial charge is 0.236 e. The van der Waals surface area contributed by atoms with E-state index in [0.29, 0.717) is 6.54 Å². The lowest BCUT2D eigenvalue weighted by atomic mass is 10.1. The summed E-state index contributed by atoms with van der Waals surface area (Å²) in [6.07, 6.45) is 1.61. The molecule has 3 aromatic carbocycles. The monoisotopic (exact) mass is 367 g/mol. The first-order valence-corrected chi connectivity index (χ1v) is 9.74. The highest BCUT2D eigenvalue weighted by atomic mass is 32.2. The lowest BCUT2D eigenvalue weighted by Crippen LogP contribution is -2.24. The summed E-state index contributed by atoms with van der Waals surface area (Å²) in [7, 11) is -0.264. The quantitative estimate of drug-likeness (QED) is 0.653. The Morgan fingerprint density at radius 3 is 2.38 bits per heavy atom. The molecular weight excluding hydrogens is 346 g/mol. The number of hydrogen-bond acceptors (Lipinski definition) is 3. The number of fused-ring (bicyclic) bond motifs is 1. The zero-order chi connectivity index (χ0) is 18.6. The SMILES string of the molecule is COc1ccc2cc(CN(C)S(=O)(=O)/C=C/c3ccccc3)ccc2c1. The van der Waals surface area contributed by atoms with Crippen molar-refractivity contribution in [3.05, 3.63) is 83.3 Å². The second-order valence-electron chi connectivity index (χ2n) is 6.06. The molecule has 0 unspecified atom stereocenters. The van der Waals surface area contributed by atoms with Crippen molar-refractivity contribution in [2.45, 2.75) is 6.54 Å². The van der Waals surface area contributed by atoms with Gasteiger partial charge in [-0.2, -0.15) is 4.31 Å². The molecule has 0 fully saturated rings. The molecule has 0 aromatic heterocycles. The average Bonchev–Trinajstić information content (AvgIpc) is 2.66. The van der Waals surface area contributed by atoms with E-state index in [9.17, 15) is 8.42 Å². The van der Waals surface area contributed by atoms with E-state index in [-0.39, 0.29) is 0 Å². The van der Waals surface area contributed by atoms with Gasteiger partial charge < -0.3 is 4.74 Å². The van der Waals surface area contributed by atoms with Gasteiger partial charge in [0.1, 0.15) is 5.75 Å². The van der Waals surface area contributed by atoms with Gasteiger partial charge in [-0.25, -0.2) is 8.42 Å². The Morgan fingerprint density at radius 1 is 0.962 bits per heavy atom. The van der Waals surface area contributed by atoms with Crippen LogP contribution in [0.4, 0.5) is 0 Å². The Bertz CT molecular complexity index is 1030. The maximum Gasteiger partial charge on any atom is 0.236 e. The topological polar surface area (TPSA) is 46.6 Å². The van der Waals surface area contributed by atoms with Crippen molar-refractivity contribution >= 4 is 26.9 Å². The molecule has 134 valence electrons. The van der Waals surface area contributed by atoms with Gasteiger partial charge in [-0.1, -0.05) is 48.5 Å². The number of methoxy groups -OCH3 is 1. The van der Waals surface area contributed by atoms with Crippen LogP contribution in [0.1, 0.15) is 11.1 Å². The summed E-state index contributed by atoms with van der Waals surface area (Å²) in [5.74, 6) is 0.802. The predicted molar refractivity (Wildman–Crippen MR) is 106 cm³/mol. The van der Waals surface area contributed by atoms with Gasteiger partial charge in [-0.3, -0.25) is 0 Å². The first-order valence-electron chi connectivity index (χ1n) is 8.24. The lowest BCUT2D eigenvalue weighted by molar-refractivity contribution is 0.415. The normalized spacial score (nSPS) is 12.1. The van der Waals surface area contributed by atoms with Gasteiger partial charge >= 0.3 is 0 Å². The molecule has 3 aromatic rings. The molecule has 0 saturated heterocycles. The molecule has 0 N–H and O–H groups in total. The third-order valence-corrected chi connectivity index (χ3v) is 5.66. The lowest BCUT2D eigenvalue weighted by Gasteiger charge is -2.15. The van der Waals surface area contributed by atoms with E-state index < -0.39 is 10.0 Å². The number of nitrogens with zero attached hydrogens (tertiary/aromatic N) is 1. The van der Waals surface area contributed by atoms with Crippen molar-refractivity contribution in [3.63, 3.8) is 0 Å². The van der Waals surface area contributed by atoms with E-state index in [4.69, 9.17) is 4.74 Å². The van der Waals surface area contributed by atoms with Gasteiger partial charge in [0.15, 0.2) is 0 Å². The minimum atomic E-state index is -3.49. The maximum atomic E-state index is 12.5. The van der Waals surface area contributed by atoms with Crippen LogP contribution in [0.5, 0.6) is 5.75 Å². The number of rotatable bonds is 6. The summed E-state index contributed by atoms with van der Waals surface area (Å²) in [5.41, 5.74) is 1.78. The van der Waals surface area contributed by atoms with Crippen molar-refractivity contribution in [2.24, 2.45) is 0 Å². The average molecular weight is 367 g/mol. The summed E-state index contributed by atoms with van der Waals surface area (Å²) in [6.45, 7) is 0.309. The number of sulfonamides is 1. The summed E-state index contributed by atoms with van der Waals surface area (Å²) >= 11 is 0. The fraction of sp³-hybridized carbons (Fsp3) is 0.143. The molecule has 0 amide bonds. The van der Waals surface area contributed by atoms with Crippen LogP contribution in [-0.2, 0) is 16.6 Å². The Hall–Kier alpha value is -2.63. The van der Waals surface area contributed by atoms with Gasteiger partial charge in [0, 0.05) is 19.0 Å². The van der Waals surface area contributed by atoms with Crippen LogP contribution in [0.2, 0.25) is 0 Å². The molecule has 0 spiro atoms. The largest absolute Gasteiger partial charge is 0.497 e. The van der Waals surface area contributed by atoms with E-state index >= 15 is 0 Å². The molecular formula is C21H21NO3S. The Labute approximate surface area is 154 Å². The Balaban J connectivity index is 1.77. The second-order valence-corrected chi connectivity index (χ2v) is 7.99. The number of hydrogen-bond donors (Lipinski definition) is 0. The van der Waals surface area contributed by atoms with Gasteiger partial charge in [-0.15, -0.1) is 0 Å². The van der Waals surface area contributed by atoms with Crippen LogP contribution < -0.4 is 4.74 Å². The van der Waals surface area contributed by atoms with Gasteiger partial charge in [-0.05, 0) is 46.2 Å². The maximum absolute atomic E-state index is 12.5. The molecule has 0 heterocycles. The predicted octanol–water partition coefficient (Wildman–Crippen LogP) is 4.28. The summed E-state index contributed by atoms with van der Waals surface area (Å²) in [4.78, 5) is 0. The fourth-order valence-electron chi connectivity index (χ4n) is 2.68. The van der Waals surface area contributed by atoms with Crippen molar-refractivity contribution in [2.75, 3.05) is 14.2 Å². The molecule has 0 aliphatic rings. The summed E-state index contributed by atoms with van der Waals surface area (Å²) in [6, 6.07) is 21.1. The van der Waals surface area contributed by atoms with Gasteiger partial charge in [0.25, 0.3) is 0 Å². The molecule has 0 radical (unpaired) electrons. The van der Waals surface area contributed by atoms with E-state index in [1.54, 1.807) is 20.2 Å². The highest BCUT2D eigenvalue weighted by Gasteiger charge is 2.14. The molecule has 0 saturated carbocycles.